The largest absolute Gasteiger partial charge is 0.478 e. The van der Waals surface area contributed by atoms with Crippen LogP contribution >= 0.6 is 11.3 Å². The molecule has 0 amide bonds. The van der Waals surface area contributed by atoms with E-state index in [0.717, 1.165) is 0 Å². The van der Waals surface area contributed by atoms with Crippen molar-refractivity contribution in [2.24, 2.45) is 0 Å². The number of hydrogen-bond acceptors (Lipinski definition) is 3. The molecule has 1 rings (SSSR count). The quantitative estimate of drug-likeness (QED) is 0.776. The third-order valence-electron chi connectivity index (χ3n) is 1.82. The predicted molar refractivity (Wildman–Crippen MR) is 59.1 cm³/mol. The molecule has 1 N–H and O–H groups in total. The summed E-state index contributed by atoms with van der Waals surface area (Å²) in [6, 6.07) is 2.05. The second-order valence-corrected chi connectivity index (χ2v) is 3.92. The molecule has 0 fully saturated rings. The van der Waals surface area contributed by atoms with Gasteiger partial charge in [-0.2, -0.15) is 0 Å². The van der Waals surface area contributed by atoms with Crippen LogP contribution in [-0.4, -0.2) is 24.7 Å². The number of nitrogens with zero attached hydrogens (tertiary/aromatic N) is 1. The van der Waals surface area contributed by atoms with Crippen molar-refractivity contribution in [2.45, 2.75) is 6.92 Å². The monoisotopic (exact) mass is 211 g/mol. The Morgan fingerprint density at radius 2 is 2.43 bits per heavy atom. The van der Waals surface area contributed by atoms with Crippen molar-refractivity contribution in [3.05, 3.63) is 29.2 Å². The molecule has 4 heteroatoms. The summed E-state index contributed by atoms with van der Waals surface area (Å²) in [5.74, 6) is -0.902. The van der Waals surface area contributed by atoms with E-state index in [2.05, 4.69) is 6.07 Å². The summed E-state index contributed by atoms with van der Waals surface area (Å²) in [4.78, 5) is 12.3. The van der Waals surface area contributed by atoms with E-state index in [1.165, 1.54) is 16.6 Å². The van der Waals surface area contributed by atoms with Gasteiger partial charge in [0.1, 0.15) is 0 Å². The van der Waals surface area contributed by atoms with E-state index in [-0.39, 0.29) is 0 Å². The molecule has 0 saturated carbocycles. The lowest BCUT2D eigenvalue weighted by Gasteiger charge is -2.15. The van der Waals surface area contributed by atoms with Crippen molar-refractivity contribution in [3.8, 4) is 0 Å². The zero-order valence-corrected chi connectivity index (χ0v) is 9.04. The van der Waals surface area contributed by atoms with Crippen LogP contribution in [0.15, 0.2) is 23.6 Å². The van der Waals surface area contributed by atoms with Crippen molar-refractivity contribution in [3.63, 3.8) is 0 Å². The molecule has 0 spiro atoms. The van der Waals surface area contributed by atoms with Gasteiger partial charge in [-0.1, -0.05) is 6.08 Å². The highest BCUT2D eigenvalue weighted by Crippen LogP contribution is 2.25. The van der Waals surface area contributed by atoms with Gasteiger partial charge in [0.25, 0.3) is 0 Å². The van der Waals surface area contributed by atoms with Crippen molar-refractivity contribution in [2.75, 3.05) is 18.5 Å². The first kappa shape index (κ1) is 10.8. The topological polar surface area (TPSA) is 40.5 Å². The van der Waals surface area contributed by atoms with Crippen LogP contribution in [0.4, 0.5) is 5.00 Å². The van der Waals surface area contributed by atoms with Gasteiger partial charge < -0.3 is 10.0 Å². The first-order valence-electron chi connectivity index (χ1n) is 4.26. The van der Waals surface area contributed by atoms with Crippen LogP contribution in [-0.2, 0) is 4.79 Å². The molecule has 0 radical (unpaired) electrons. The molecule has 0 bridgehead atoms. The number of anilines is 1. The smallest absolute Gasteiger partial charge is 0.328 e. The third-order valence-corrected chi connectivity index (χ3v) is 2.95. The van der Waals surface area contributed by atoms with Crippen LogP contribution in [0.3, 0.4) is 0 Å². The van der Waals surface area contributed by atoms with E-state index in [0.29, 0.717) is 6.54 Å². The summed E-state index contributed by atoms with van der Waals surface area (Å²) in [5.41, 5.74) is 1.22. The summed E-state index contributed by atoms with van der Waals surface area (Å²) in [6.45, 7) is 2.66. The zero-order chi connectivity index (χ0) is 10.6. The maximum Gasteiger partial charge on any atom is 0.328 e. The molecule has 14 heavy (non-hydrogen) atoms. The van der Waals surface area contributed by atoms with E-state index >= 15 is 0 Å². The van der Waals surface area contributed by atoms with Crippen LogP contribution in [0.25, 0.3) is 0 Å². The molecule has 76 valence electrons. The number of thiophene rings is 1. The van der Waals surface area contributed by atoms with Gasteiger partial charge in [-0.15, -0.1) is 11.3 Å². The highest BCUT2D eigenvalue weighted by atomic mass is 32.1. The fraction of sp³-hybridized carbons (Fsp3) is 0.300. The van der Waals surface area contributed by atoms with E-state index < -0.39 is 5.97 Å². The highest BCUT2D eigenvalue weighted by Gasteiger charge is 2.03. The standard InChI is InChI=1S/C10H13NO2S/c1-8-5-7-14-10(8)11(2)6-3-4-9(12)13/h3-5,7H,6H2,1-2H3,(H,12,13)/b4-3+. The van der Waals surface area contributed by atoms with E-state index in [1.807, 2.05) is 24.3 Å². The molecule has 1 heterocycles. The lowest BCUT2D eigenvalue weighted by molar-refractivity contribution is -0.131. The highest BCUT2D eigenvalue weighted by molar-refractivity contribution is 7.14. The molecule has 0 aliphatic rings. The summed E-state index contributed by atoms with van der Waals surface area (Å²) >= 11 is 1.66. The van der Waals surface area contributed by atoms with Gasteiger partial charge in [0.15, 0.2) is 0 Å². The zero-order valence-electron chi connectivity index (χ0n) is 8.23. The molecule has 0 aliphatic carbocycles. The lowest BCUT2D eigenvalue weighted by atomic mass is 10.3. The van der Waals surface area contributed by atoms with E-state index in [4.69, 9.17) is 5.11 Å². The Bertz CT molecular complexity index is 344. The first-order valence-corrected chi connectivity index (χ1v) is 5.14. The lowest BCUT2D eigenvalue weighted by Crippen LogP contribution is -2.16. The molecule has 0 aromatic carbocycles. The number of aryl methyl sites for hydroxylation is 1. The molecule has 0 saturated heterocycles. The van der Waals surface area contributed by atoms with Gasteiger partial charge >= 0.3 is 5.97 Å². The number of aliphatic carboxylic acids is 1. The Morgan fingerprint density at radius 1 is 1.71 bits per heavy atom. The van der Waals surface area contributed by atoms with Gasteiger partial charge in [0.2, 0.25) is 0 Å². The van der Waals surface area contributed by atoms with Crippen molar-refractivity contribution in [1.82, 2.24) is 0 Å². The average molecular weight is 211 g/mol. The molecule has 0 aliphatic heterocycles. The fourth-order valence-electron chi connectivity index (χ4n) is 1.15. The van der Waals surface area contributed by atoms with Gasteiger partial charge in [0, 0.05) is 19.7 Å². The SMILES string of the molecule is Cc1ccsc1N(C)C/C=C/C(=O)O. The van der Waals surface area contributed by atoms with Gasteiger partial charge in [-0.25, -0.2) is 4.79 Å². The maximum absolute atomic E-state index is 10.2. The minimum atomic E-state index is -0.902. The van der Waals surface area contributed by atoms with Crippen LogP contribution in [0.5, 0.6) is 0 Å². The van der Waals surface area contributed by atoms with Crippen LogP contribution in [0.2, 0.25) is 0 Å². The number of carboxylic acids is 1. The molecule has 0 unspecified atom stereocenters. The number of carboxylic acid groups (broad SMARTS) is 1. The van der Waals surface area contributed by atoms with E-state index in [9.17, 15) is 4.79 Å². The molecular weight excluding hydrogens is 198 g/mol. The van der Waals surface area contributed by atoms with E-state index in [1.54, 1.807) is 17.4 Å². The molecule has 3 nitrogen and oxygen atoms in total. The Labute approximate surface area is 87.3 Å². The molecular formula is C10H13NO2S. The minimum absolute atomic E-state index is 0.619. The second-order valence-electron chi connectivity index (χ2n) is 3.03. The average Bonchev–Trinajstić information content (AvgIpc) is 2.50. The molecule has 1 aromatic rings. The normalized spacial score (nSPS) is 10.7. The first-order chi connectivity index (χ1) is 6.61. The van der Waals surface area contributed by atoms with Crippen molar-refractivity contribution >= 4 is 22.3 Å². The van der Waals surface area contributed by atoms with Gasteiger partial charge in [0.05, 0.1) is 5.00 Å². The minimum Gasteiger partial charge on any atom is -0.478 e. The Kier molecular flexibility index (Phi) is 3.71. The Balaban J connectivity index is 2.55. The number of hydrogen-bond donors (Lipinski definition) is 1. The summed E-state index contributed by atoms with van der Waals surface area (Å²) < 4.78 is 0. The van der Waals surface area contributed by atoms with Crippen molar-refractivity contribution in [1.29, 1.82) is 0 Å². The molecule has 0 atom stereocenters. The number of carbonyl (C=O) groups is 1. The number of rotatable bonds is 4. The van der Waals surface area contributed by atoms with Crippen LogP contribution < -0.4 is 4.90 Å². The Morgan fingerprint density at radius 3 is 2.93 bits per heavy atom. The van der Waals surface area contributed by atoms with Gasteiger partial charge in [-0.3, -0.25) is 0 Å². The van der Waals surface area contributed by atoms with Crippen molar-refractivity contribution < 1.29 is 9.90 Å². The fourth-order valence-corrected chi connectivity index (χ4v) is 2.06. The number of likely N-dealkylation sites (N-methyl/N-ethyl adjacent to an activating group) is 1. The third kappa shape index (κ3) is 2.88. The predicted octanol–water partition coefficient (Wildman–Crippen LogP) is 2.13. The maximum atomic E-state index is 10.2. The summed E-state index contributed by atoms with van der Waals surface area (Å²) in [5, 5.41) is 11.6. The van der Waals surface area contributed by atoms with Gasteiger partial charge in [-0.05, 0) is 23.9 Å². The summed E-state index contributed by atoms with van der Waals surface area (Å²) in [7, 11) is 1.95. The van der Waals surface area contributed by atoms with Crippen LogP contribution in [0, 0.1) is 6.92 Å². The second kappa shape index (κ2) is 4.81. The molecule has 1 aromatic heterocycles. The Hall–Kier alpha value is -1.29. The van der Waals surface area contributed by atoms with Crippen LogP contribution in [0.1, 0.15) is 5.56 Å². The summed E-state index contributed by atoms with van der Waals surface area (Å²) in [6.07, 6.45) is 2.81.